The van der Waals surface area contributed by atoms with Gasteiger partial charge in [-0.05, 0) is 49.7 Å². The quantitative estimate of drug-likeness (QED) is 0.379. The van der Waals surface area contributed by atoms with E-state index in [1.807, 2.05) is 36.7 Å². The van der Waals surface area contributed by atoms with Gasteiger partial charge >= 0.3 is 0 Å². The first kappa shape index (κ1) is 21.2. The Labute approximate surface area is 186 Å². The molecule has 0 bridgehead atoms. The van der Waals surface area contributed by atoms with E-state index in [9.17, 15) is 8.42 Å². The molecule has 0 amide bonds. The van der Waals surface area contributed by atoms with Crippen molar-refractivity contribution in [3.63, 3.8) is 0 Å². The number of pyridine rings is 1. The molecule has 0 unspecified atom stereocenters. The summed E-state index contributed by atoms with van der Waals surface area (Å²) >= 11 is 1.59. The van der Waals surface area contributed by atoms with Gasteiger partial charge in [0.1, 0.15) is 5.01 Å². The van der Waals surface area contributed by atoms with Crippen molar-refractivity contribution in [1.29, 1.82) is 0 Å². The Morgan fingerprint density at radius 1 is 0.968 bits per heavy atom. The highest BCUT2D eigenvalue weighted by molar-refractivity contribution is 7.92. The summed E-state index contributed by atoms with van der Waals surface area (Å²) in [5, 5.41) is 2.96. The first-order valence-corrected chi connectivity index (χ1v) is 12.4. The average molecular weight is 450 g/mol. The van der Waals surface area contributed by atoms with E-state index >= 15 is 0 Å². The highest BCUT2D eigenvalue weighted by Crippen LogP contribution is 2.30. The molecule has 2 heterocycles. The Bertz CT molecular complexity index is 1280. The van der Waals surface area contributed by atoms with Crippen LogP contribution in [0.5, 0.6) is 0 Å². The summed E-state index contributed by atoms with van der Waals surface area (Å²) in [5.41, 5.74) is 5.46. The van der Waals surface area contributed by atoms with E-state index in [1.54, 1.807) is 47.7 Å². The highest BCUT2D eigenvalue weighted by atomic mass is 32.2. The van der Waals surface area contributed by atoms with E-state index in [0.29, 0.717) is 5.69 Å². The van der Waals surface area contributed by atoms with E-state index in [4.69, 9.17) is 4.98 Å². The van der Waals surface area contributed by atoms with Gasteiger partial charge in [0.25, 0.3) is 10.0 Å². The molecule has 0 atom stereocenters. The molecule has 0 fully saturated rings. The van der Waals surface area contributed by atoms with Crippen molar-refractivity contribution in [3.05, 3.63) is 83.5 Å². The van der Waals surface area contributed by atoms with Crippen LogP contribution in [0.15, 0.2) is 77.1 Å². The van der Waals surface area contributed by atoms with Crippen LogP contribution in [0.25, 0.3) is 21.8 Å². The van der Waals surface area contributed by atoms with Gasteiger partial charge in [-0.2, -0.15) is 0 Å². The number of rotatable bonds is 7. The molecule has 2 aromatic heterocycles. The standard InChI is InChI=1S/C24H23N3O2S2/c1-3-4-21-15-19(13-14-25-21)24-26-23(16-30-24)18-7-9-20(10-8-18)27-31(28,29)22-11-5-17(2)6-12-22/h5-16,27H,3-4H2,1-2H3. The van der Waals surface area contributed by atoms with Gasteiger partial charge in [-0.25, -0.2) is 13.4 Å². The smallest absolute Gasteiger partial charge is 0.261 e. The average Bonchev–Trinajstić information content (AvgIpc) is 3.25. The first-order valence-electron chi connectivity index (χ1n) is 10.1. The lowest BCUT2D eigenvalue weighted by Crippen LogP contribution is -2.12. The fraction of sp³-hybridized carbons (Fsp3) is 0.167. The molecular weight excluding hydrogens is 426 g/mol. The molecule has 5 nitrogen and oxygen atoms in total. The highest BCUT2D eigenvalue weighted by Gasteiger charge is 2.14. The molecule has 2 aromatic carbocycles. The SMILES string of the molecule is CCCc1cc(-c2nc(-c3ccc(NS(=O)(=O)c4ccc(C)cc4)cc3)cs2)ccn1. The van der Waals surface area contributed by atoms with E-state index in [0.717, 1.165) is 45.9 Å². The summed E-state index contributed by atoms with van der Waals surface area (Å²) in [6, 6.07) is 18.1. The molecule has 4 rings (SSSR count). The number of hydrogen-bond donors (Lipinski definition) is 1. The monoisotopic (exact) mass is 449 g/mol. The summed E-state index contributed by atoms with van der Waals surface area (Å²) in [5.74, 6) is 0. The summed E-state index contributed by atoms with van der Waals surface area (Å²) in [4.78, 5) is 9.41. The van der Waals surface area contributed by atoms with E-state index in [2.05, 4.69) is 22.7 Å². The van der Waals surface area contributed by atoms with Gasteiger partial charge in [0.2, 0.25) is 0 Å². The third-order valence-electron chi connectivity index (χ3n) is 4.84. The molecule has 0 aliphatic heterocycles. The van der Waals surface area contributed by atoms with Crippen molar-refractivity contribution in [2.24, 2.45) is 0 Å². The lowest BCUT2D eigenvalue weighted by atomic mass is 10.1. The van der Waals surface area contributed by atoms with Gasteiger partial charge in [0.05, 0.1) is 10.6 Å². The maximum Gasteiger partial charge on any atom is 0.261 e. The Morgan fingerprint density at radius 2 is 1.71 bits per heavy atom. The number of nitrogens with one attached hydrogen (secondary N) is 1. The maximum atomic E-state index is 12.6. The zero-order valence-electron chi connectivity index (χ0n) is 17.4. The summed E-state index contributed by atoms with van der Waals surface area (Å²) < 4.78 is 27.8. The molecule has 0 saturated heterocycles. The lowest BCUT2D eigenvalue weighted by Gasteiger charge is -2.09. The summed E-state index contributed by atoms with van der Waals surface area (Å²) in [6.07, 6.45) is 3.84. The Balaban J connectivity index is 1.51. The van der Waals surface area contributed by atoms with Gasteiger partial charge < -0.3 is 0 Å². The van der Waals surface area contributed by atoms with Crippen LogP contribution in [0.3, 0.4) is 0 Å². The fourth-order valence-corrected chi connectivity index (χ4v) is 5.07. The molecule has 0 radical (unpaired) electrons. The molecular formula is C24H23N3O2S2. The van der Waals surface area contributed by atoms with E-state index < -0.39 is 10.0 Å². The van der Waals surface area contributed by atoms with Crippen molar-refractivity contribution in [3.8, 4) is 21.8 Å². The predicted octanol–water partition coefficient (Wildman–Crippen LogP) is 5.93. The van der Waals surface area contributed by atoms with Crippen molar-refractivity contribution >= 4 is 27.0 Å². The van der Waals surface area contributed by atoms with E-state index in [-0.39, 0.29) is 4.90 Å². The molecule has 0 saturated carbocycles. The molecule has 0 spiro atoms. The third kappa shape index (κ3) is 5.00. The number of aromatic nitrogens is 2. The van der Waals surface area contributed by atoms with Crippen LogP contribution in [-0.2, 0) is 16.4 Å². The predicted molar refractivity (Wildman–Crippen MR) is 127 cm³/mol. The minimum Gasteiger partial charge on any atom is -0.280 e. The van der Waals surface area contributed by atoms with Gasteiger partial charge in [-0.3, -0.25) is 9.71 Å². The maximum absolute atomic E-state index is 12.6. The molecule has 7 heteroatoms. The molecule has 0 aliphatic rings. The zero-order chi connectivity index (χ0) is 21.8. The van der Waals surface area contributed by atoms with Crippen LogP contribution in [0, 0.1) is 6.92 Å². The first-order chi connectivity index (χ1) is 14.9. The largest absolute Gasteiger partial charge is 0.280 e. The summed E-state index contributed by atoms with van der Waals surface area (Å²) in [7, 11) is -3.62. The third-order valence-corrected chi connectivity index (χ3v) is 7.13. The molecule has 1 N–H and O–H groups in total. The van der Waals surface area contributed by atoms with E-state index in [1.165, 1.54) is 0 Å². The van der Waals surface area contributed by atoms with Gasteiger partial charge in [0.15, 0.2) is 0 Å². The minimum absolute atomic E-state index is 0.242. The number of nitrogens with zero attached hydrogens (tertiary/aromatic N) is 2. The second kappa shape index (κ2) is 8.99. The summed E-state index contributed by atoms with van der Waals surface area (Å²) in [6.45, 7) is 4.06. The topological polar surface area (TPSA) is 72.0 Å². The zero-order valence-corrected chi connectivity index (χ0v) is 19.0. The number of benzene rings is 2. The minimum atomic E-state index is -3.62. The van der Waals surface area contributed by atoms with Gasteiger partial charge in [-0.15, -0.1) is 11.3 Å². The number of hydrogen-bond acceptors (Lipinski definition) is 5. The Hall–Kier alpha value is -3.03. The fourth-order valence-electron chi connectivity index (χ4n) is 3.18. The van der Waals surface area contributed by atoms with Gasteiger partial charge in [-0.1, -0.05) is 43.2 Å². The van der Waals surface area contributed by atoms with Crippen LogP contribution in [-0.4, -0.2) is 18.4 Å². The molecule has 158 valence electrons. The number of aryl methyl sites for hydroxylation is 2. The van der Waals surface area contributed by atoms with Crippen LogP contribution in [0.1, 0.15) is 24.6 Å². The molecule has 31 heavy (non-hydrogen) atoms. The van der Waals surface area contributed by atoms with Crippen LogP contribution < -0.4 is 4.72 Å². The lowest BCUT2D eigenvalue weighted by molar-refractivity contribution is 0.601. The van der Waals surface area contributed by atoms with Crippen molar-refractivity contribution in [1.82, 2.24) is 9.97 Å². The van der Waals surface area contributed by atoms with Crippen molar-refractivity contribution < 1.29 is 8.42 Å². The van der Waals surface area contributed by atoms with Crippen LogP contribution in [0.4, 0.5) is 5.69 Å². The Kier molecular flexibility index (Phi) is 6.15. The second-order valence-corrected chi connectivity index (χ2v) is 9.86. The van der Waals surface area contributed by atoms with Crippen molar-refractivity contribution in [2.45, 2.75) is 31.6 Å². The normalized spacial score (nSPS) is 11.4. The molecule has 0 aliphatic carbocycles. The second-order valence-electron chi connectivity index (χ2n) is 7.32. The number of thiazole rings is 1. The number of anilines is 1. The number of sulfonamides is 1. The Morgan fingerprint density at radius 3 is 2.42 bits per heavy atom. The van der Waals surface area contributed by atoms with Crippen LogP contribution in [0.2, 0.25) is 0 Å². The van der Waals surface area contributed by atoms with Crippen molar-refractivity contribution in [2.75, 3.05) is 4.72 Å². The van der Waals surface area contributed by atoms with Gasteiger partial charge in [0, 0.05) is 34.1 Å². The molecule has 4 aromatic rings. The van der Waals surface area contributed by atoms with Crippen LogP contribution >= 0.6 is 11.3 Å².